The Bertz CT molecular complexity index is 527. The second kappa shape index (κ2) is 5.61. The first-order valence-corrected chi connectivity index (χ1v) is 7.45. The Labute approximate surface area is 123 Å². The van der Waals surface area contributed by atoms with E-state index in [1.54, 1.807) is 17.4 Å². The van der Waals surface area contributed by atoms with Gasteiger partial charge in [-0.2, -0.15) is 0 Å². The third kappa shape index (κ3) is 3.16. The fourth-order valence-corrected chi connectivity index (χ4v) is 3.71. The molecule has 0 amide bonds. The highest BCUT2D eigenvalue weighted by atomic mass is 79.9. The maximum Gasteiger partial charge on any atom is 0.0652 e. The highest BCUT2D eigenvalue weighted by Gasteiger charge is 2.12. The molecule has 1 unspecified atom stereocenters. The van der Waals surface area contributed by atoms with Crippen LogP contribution in [0.5, 0.6) is 0 Å². The van der Waals surface area contributed by atoms with E-state index < -0.39 is 0 Å². The summed E-state index contributed by atoms with van der Waals surface area (Å²) in [6, 6.07) is 7.70. The number of halogens is 3. The number of anilines is 1. The predicted octanol–water partition coefficient (Wildman–Crippen LogP) is 5.99. The van der Waals surface area contributed by atoms with Crippen molar-refractivity contribution in [1.82, 2.24) is 0 Å². The van der Waals surface area contributed by atoms with E-state index in [4.69, 9.17) is 23.2 Å². The van der Waals surface area contributed by atoms with E-state index in [0.717, 1.165) is 10.2 Å². The summed E-state index contributed by atoms with van der Waals surface area (Å²) >= 11 is 17.2. The molecule has 1 N–H and O–H groups in total. The van der Waals surface area contributed by atoms with Crippen LogP contribution in [0.15, 0.2) is 34.1 Å². The van der Waals surface area contributed by atoms with Crippen LogP contribution in [0, 0.1) is 0 Å². The van der Waals surface area contributed by atoms with Crippen molar-refractivity contribution < 1.29 is 0 Å². The summed E-state index contributed by atoms with van der Waals surface area (Å²) < 4.78 is 1.12. The Morgan fingerprint density at radius 1 is 1.29 bits per heavy atom. The molecule has 2 aromatic rings. The minimum absolute atomic E-state index is 0.197. The third-order valence-corrected chi connectivity index (χ3v) is 4.94. The highest BCUT2D eigenvalue weighted by molar-refractivity contribution is 9.10. The molecule has 5 heteroatoms. The zero-order chi connectivity index (χ0) is 12.4. The minimum Gasteiger partial charge on any atom is -0.376 e. The number of nitrogens with one attached hydrogen (secondary N) is 1. The molecule has 0 aliphatic carbocycles. The maximum absolute atomic E-state index is 6.12. The summed E-state index contributed by atoms with van der Waals surface area (Å²) in [4.78, 5) is 1.25. The lowest BCUT2D eigenvalue weighted by Crippen LogP contribution is -2.05. The van der Waals surface area contributed by atoms with Crippen molar-refractivity contribution >= 4 is 56.2 Å². The Kier molecular flexibility index (Phi) is 4.36. The molecule has 0 radical (unpaired) electrons. The Morgan fingerprint density at radius 3 is 2.65 bits per heavy atom. The van der Waals surface area contributed by atoms with Gasteiger partial charge in [-0.3, -0.25) is 0 Å². The summed E-state index contributed by atoms with van der Waals surface area (Å²) in [5.41, 5.74) is 0.892. The summed E-state index contributed by atoms with van der Waals surface area (Å²) in [6.07, 6.45) is 0. The van der Waals surface area contributed by atoms with E-state index in [0.29, 0.717) is 10.0 Å². The lowest BCUT2D eigenvalue weighted by molar-refractivity contribution is 0.903. The van der Waals surface area contributed by atoms with Gasteiger partial charge in [0.25, 0.3) is 0 Å². The molecule has 0 spiro atoms. The Hall–Kier alpha value is -0.220. The molecule has 2 rings (SSSR count). The third-order valence-electron chi connectivity index (χ3n) is 2.34. The van der Waals surface area contributed by atoms with Crippen LogP contribution in [0.25, 0.3) is 0 Å². The first kappa shape index (κ1) is 13.2. The molecule has 1 atom stereocenters. The number of hydrogen-bond donors (Lipinski definition) is 1. The molecular weight excluding hydrogens is 341 g/mol. The zero-order valence-electron chi connectivity index (χ0n) is 9.01. The van der Waals surface area contributed by atoms with E-state index in [2.05, 4.69) is 33.6 Å². The van der Waals surface area contributed by atoms with Crippen LogP contribution in [-0.2, 0) is 0 Å². The number of rotatable bonds is 3. The second-order valence-corrected chi connectivity index (χ2v) is 6.27. The van der Waals surface area contributed by atoms with E-state index in [9.17, 15) is 0 Å². The summed E-state index contributed by atoms with van der Waals surface area (Å²) in [7, 11) is 0. The van der Waals surface area contributed by atoms with Crippen molar-refractivity contribution in [2.45, 2.75) is 13.0 Å². The van der Waals surface area contributed by atoms with Crippen LogP contribution >= 0.6 is 50.5 Å². The molecule has 0 saturated carbocycles. The molecule has 1 nitrogen and oxygen atoms in total. The van der Waals surface area contributed by atoms with Crippen LogP contribution in [-0.4, -0.2) is 0 Å². The molecule has 1 heterocycles. The largest absolute Gasteiger partial charge is 0.376 e. The lowest BCUT2D eigenvalue weighted by atomic mass is 10.2. The summed E-state index contributed by atoms with van der Waals surface area (Å²) in [6.45, 7) is 2.10. The molecule has 0 bridgehead atoms. The zero-order valence-corrected chi connectivity index (χ0v) is 12.9. The topological polar surface area (TPSA) is 12.0 Å². The minimum atomic E-state index is 0.197. The van der Waals surface area contributed by atoms with Gasteiger partial charge in [-0.25, -0.2) is 0 Å². The van der Waals surface area contributed by atoms with Crippen molar-refractivity contribution in [3.8, 4) is 0 Å². The Balaban J connectivity index is 2.19. The van der Waals surface area contributed by atoms with Gasteiger partial charge in [-0.15, -0.1) is 11.3 Å². The van der Waals surface area contributed by atoms with E-state index in [1.807, 2.05) is 18.2 Å². The number of thiophene rings is 1. The van der Waals surface area contributed by atoms with Gasteiger partial charge < -0.3 is 5.32 Å². The van der Waals surface area contributed by atoms with Crippen LogP contribution in [0.3, 0.4) is 0 Å². The molecule has 0 aliphatic rings. The van der Waals surface area contributed by atoms with Crippen molar-refractivity contribution in [2.24, 2.45) is 0 Å². The lowest BCUT2D eigenvalue weighted by Gasteiger charge is -2.15. The average Bonchev–Trinajstić information content (AvgIpc) is 2.68. The number of hydrogen-bond acceptors (Lipinski definition) is 2. The molecule has 90 valence electrons. The summed E-state index contributed by atoms with van der Waals surface area (Å²) in [5.74, 6) is 0. The molecule has 17 heavy (non-hydrogen) atoms. The van der Waals surface area contributed by atoms with E-state index >= 15 is 0 Å². The van der Waals surface area contributed by atoms with Gasteiger partial charge in [-0.1, -0.05) is 23.2 Å². The molecule has 0 fully saturated rings. The highest BCUT2D eigenvalue weighted by Crippen LogP contribution is 2.33. The fraction of sp³-hybridized carbons (Fsp3) is 0.167. The normalized spacial score (nSPS) is 12.5. The first-order chi connectivity index (χ1) is 8.08. The van der Waals surface area contributed by atoms with Crippen LogP contribution in [0.1, 0.15) is 17.8 Å². The van der Waals surface area contributed by atoms with E-state index in [1.165, 1.54) is 4.88 Å². The van der Waals surface area contributed by atoms with Crippen molar-refractivity contribution in [1.29, 1.82) is 0 Å². The quantitative estimate of drug-likeness (QED) is 0.716. The first-order valence-electron chi connectivity index (χ1n) is 5.02. The molecule has 0 saturated heterocycles. The predicted molar refractivity (Wildman–Crippen MR) is 80.5 cm³/mol. The van der Waals surface area contributed by atoms with Gasteiger partial charge in [-0.05, 0) is 52.5 Å². The van der Waals surface area contributed by atoms with E-state index in [-0.39, 0.29) is 6.04 Å². The van der Waals surface area contributed by atoms with Crippen LogP contribution in [0.2, 0.25) is 10.0 Å². The second-order valence-electron chi connectivity index (χ2n) is 3.62. The SMILES string of the molecule is CC(Nc1ccc(Cl)cc1Cl)c1sccc1Br. The van der Waals surface area contributed by atoms with Gasteiger partial charge in [0.2, 0.25) is 0 Å². The van der Waals surface area contributed by atoms with Crippen molar-refractivity contribution in [2.75, 3.05) is 5.32 Å². The molecule has 1 aromatic carbocycles. The molecule has 1 aromatic heterocycles. The smallest absolute Gasteiger partial charge is 0.0652 e. The monoisotopic (exact) mass is 349 g/mol. The van der Waals surface area contributed by atoms with Gasteiger partial charge in [0.05, 0.1) is 16.8 Å². The van der Waals surface area contributed by atoms with Gasteiger partial charge in [0.1, 0.15) is 0 Å². The molecule has 0 aliphatic heterocycles. The standard InChI is InChI=1S/C12H10BrCl2NS/c1-7(12-9(13)4-5-17-12)16-11-3-2-8(14)6-10(11)15/h2-7,16H,1H3. The van der Waals surface area contributed by atoms with Crippen LogP contribution in [0.4, 0.5) is 5.69 Å². The van der Waals surface area contributed by atoms with Gasteiger partial charge in [0.15, 0.2) is 0 Å². The fourth-order valence-electron chi connectivity index (χ4n) is 1.52. The Morgan fingerprint density at radius 2 is 2.06 bits per heavy atom. The summed E-state index contributed by atoms with van der Waals surface area (Å²) in [5, 5.41) is 6.71. The van der Waals surface area contributed by atoms with Crippen molar-refractivity contribution in [3.05, 3.63) is 49.0 Å². The number of benzene rings is 1. The average molecular weight is 351 g/mol. The van der Waals surface area contributed by atoms with Gasteiger partial charge in [0, 0.05) is 14.4 Å². The van der Waals surface area contributed by atoms with Gasteiger partial charge >= 0.3 is 0 Å². The molecular formula is C12H10BrCl2NS. The van der Waals surface area contributed by atoms with Crippen LogP contribution < -0.4 is 5.32 Å². The maximum atomic E-state index is 6.12. The van der Waals surface area contributed by atoms with Crippen molar-refractivity contribution in [3.63, 3.8) is 0 Å².